The van der Waals surface area contributed by atoms with E-state index in [1.165, 1.54) is 5.56 Å². The smallest absolute Gasteiger partial charge is 0.138 e. The van der Waals surface area contributed by atoms with Crippen LogP contribution in [0.5, 0.6) is 5.75 Å². The molecule has 0 heterocycles. The molecule has 2 rings (SSSR count). The number of hydrogen-bond acceptors (Lipinski definition) is 2. The van der Waals surface area contributed by atoms with E-state index in [-0.39, 0.29) is 5.75 Å². The van der Waals surface area contributed by atoms with Crippen LogP contribution in [0.4, 0.5) is 0 Å². The third-order valence-electron chi connectivity index (χ3n) is 3.39. The Hall–Kier alpha value is -1.51. The molecule has 2 aromatic carbocycles. The first kappa shape index (κ1) is 14.9. The van der Waals surface area contributed by atoms with Gasteiger partial charge in [0.1, 0.15) is 5.75 Å². The summed E-state index contributed by atoms with van der Waals surface area (Å²) in [5.41, 5.74) is 2.10. The van der Waals surface area contributed by atoms with Gasteiger partial charge in [0.2, 0.25) is 0 Å². The van der Waals surface area contributed by atoms with Crippen LogP contribution in [0.1, 0.15) is 36.9 Å². The van der Waals surface area contributed by atoms with Crippen molar-refractivity contribution in [2.45, 2.75) is 32.4 Å². The maximum Gasteiger partial charge on any atom is 0.138 e. The molecule has 20 heavy (non-hydrogen) atoms. The molecular weight excluding hydrogens is 270 g/mol. The van der Waals surface area contributed by atoms with Crippen molar-refractivity contribution in [3.8, 4) is 5.75 Å². The minimum Gasteiger partial charge on any atom is -0.506 e. The van der Waals surface area contributed by atoms with E-state index in [0.717, 1.165) is 18.4 Å². The van der Waals surface area contributed by atoms with E-state index in [2.05, 4.69) is 36.5 Å². The van der Waals surface area contributed by atoms with E-state index >= 15 is 0 Å². The second-order valence-electron chi connectivity index (χ2n) is 4.88. The van der Waals surface area contributed by atoms with E-state index in [0.29, 0.717) is 17.6 Å². The van der Waals surface area contributed by atoms with Gasteiger partial charge in [0.25, 0.3) is 0 Å². The molecule has 2 N–H and O–H groups in total. The van der Waals surface area contributed by atoms with Gasteiger partial charge in [-0.25, -0.2) is 0 Å². The number of para-hydroxylation sites is 1. The van der Waals surface area contributed by atoms with Gasteiger partial charge in [0.05, 0.1) is 5.02 Å². The molecule has 1 unspecified atom stereocenters. The van der Waals surface area contributed by atoms with E-state index < -0.39 is 0 Å². The van der Waals surface area contributed by atoms with Crippen molar-refractivity contribution in [1.82, 2.24) is 5.32 Å². The van der Waals surface area contributed by atoms with E-state index in [4.69, 9.17) is 11.6 Å². The lowest BCUT2D eigenvalue weighted by Gasteiger charge is -2.19. The van der Waals surface area contributed by atoms with Gasteiger partial charge in [0, 0.05) is 18.2 Å². The third kappa shape index (κ3) is 3.75. The molecule has 0 saturated carbocycles. The van der Waals surface area contributed by atoms with Gasteiger partial charge in [0.15, 0.2) is 0 Å². The van der Waals surface area contributed by atoms with Gasteiger partial charge in [-0.15, -0.1) is 0 Å². The lowest BCUT2D eigenvalue weighted by Crippen LogP contribution is -2.20. The first-order valence-electron chi connectivity index (χ1n) is 6.97. The fourth-order valence-corrected chi connectivity index (χ4v) is 2.49. The number of rotatable bonds is 6. The van der Waals surface area contributed by atoms with Crippen LogP contribution in [0, 0.1) is 0 Å². The molecule has 1 atom stereocenters. The second-order valence-corrected chi connectivity index (χ2v) is 5.29. The molecule has 0 aliphatic carbocycles. The van der Waals surface area contributed by atoms with Crippen LogP contribution in [-0.2, 0) is 6.54 Å². The van der Waals surface area contributed by atoms with Crippen molar-refractivity contribution in [3.63, 3.8) is 0 Å². The molecular formula is C17H20ClNO. The molecule has 0 bridgehead atoms. The van der Waals surface area contributed by atoms with Gasteiger partial charge in [-0.1, -0.05) is 67.4 Å². The Labute approximate surface area is 125 Å². The highest BCUT2D eigenvalue weighted by molar-refractivity contribution is 6.32. The summed E-state index contributed by atoms with van der Waals surface area (Å²) < 4.78 is 0. The zero-order valence-electron chi connectivity index (χ0n) is 11.6. The average molecular weight is 290 g/mol. The highest BCUT2D eigenvalue weighted by Gasteiger charge is 2.11. The Kier molecular flexibility index (Phi) is 5.45. The number of halogens is 1. The SMILES string of the molecule is CCCC(NCc1cccc(Cl)c1O)c1ccccc1. The summed E-state index contributed by atoms with van der Waals surface area (Å²) in [6, 6.07) is 16.1. The zero-order valence-corrected chi connectivity index (χ0v) is 12.4. The largest absolute Gasteiger partial charge is 0.506 e. The number of phenols is 1. The lowest BCUT2D eigenvalue weighted by molar-refractivity contribution is 0.450. The van der Waals surface area contributed by atoms with Gasteiger partial charge in [-0.05, 0) is 18.1 Å². The predicted octanol–water partition coefficient (Wildman–Crippen LogP) is 4.68. The number of benzene rings is 2. The summed E-state index contributed by atoms with van der Waals surface area (Å²) in [7, 11) is 0. The molecule has 2 nitrogen and oxygen atoms in total. The highest BCUT2D eigenvalue weighted by Crippen LogP contribution is 2.27. The predicted molar refractivity (Wildman–Crippen MR) is 84.0 cm³/mol. The lowest BCUT2D eigenvalue weighted by atomic mass is 10.0. The Morgan fingerprint density at radius 3 is 2.55 bits per heavy atom. The van der Waals surface area contributed by atoms with Gasteiger partial charge < -0.3 is 10.4 Å². The fraction of sp³-hybridized carbons (Fsp3) is 0.294. The fourth-order valence-electron chi connectivity index (χ4n) is 2.30. The van der Waals surface area contributed by atoms with Gasteiger partial charge in [-0.3, -0.25) is 0 Å². The van der Waals surface area contributed by atoms with Crippen molar-refractivity contribution < 1.29 is 5.11 Å². The van der Waals surface area contributed by atoms with Crippen LogP contribution in [-0.4, -0.2) is 5.11 Å². The second kappa shape index (κ2) is 7.32. The first-order chi connectivity index (χ1) is 9.72. The topological polar surface area (TPSA) is 32.3 Å². The molecule has 0 saturated heterocycles. The van der Waals surface area contributed by atoms with Crippen molar-refractivity contribution in [1.29, 1.82) is 0 Å². The zero-order chi connectivity index (χ0) is 14.4. The summed E-state index contributed by atoms with van der Waals surface area (Å²) in [6.07, 6.45) is 2.17. The number of phenolic OH excluding ortho intramolecular Hbond substituents is 1. The quantitative estimate of drug-likeness (QED) is 0.809. The highest BCUT2D eigenvalue weighted by atomic mass is 35.5. The summed E-state index contributed by atoms with van der Waals surface area (Å²) in [6.45, 7) is 2.78. The number of nitrogens with one attached hydrogen (secondary N) is 1. The summed E-state index contributed by atoms with van der Waals surface area (Å²) in [4.78, 5) is 0. The van der Waals surface area contributed by atoms with Crippen molar-refractivity contribution in [2.75, 3.05) is 0 Å². The molecule has 2 aromatic rings. The minimum atomic E-state index is 0.171. The maximum absolute atomic E-state index is 9.94. The molecule has 106 valence electrons. The molecule has 0 amide bonds. The van der Waals surface area contributed by atoms with Crippen LogP contribution in [0.2, 0.25) is 5.02 Å². The Morgan fingerprint density at radius 1 is 1.10 bits per heavy atom. The van der Waals surface area contributed by atoms with E-state index in [9.17, 15) is 5.11 Å². The molecule has 0 fully saturated rings. The van der Waals surface area contributed by atoms with Crippen LogP contribution < -0.4 is 5.32 Å². The standard InChI is InChI=1S/C17H20ClNO/c1-2-7-16(13-8-4-3-5-9-13)19-12-14-10-6-11-15(18)17(14)20/h3-6,8-11,16,19-20H,2,7,12H2,1H3. The Morgan fingerprint density at radius 2 is 1.85 bits per heavy atom. The van der Waals surface area contributed by atoms with Crippen molar-refractivity contribution >= 4 is 11.6 Å². The molecule has 0 radical (unpaired) electrons. The van der Waals surface area contributed by atoms with E-state index in [1.54, 1.807) is 6.07 Å². The average Bonchev–Trinajstić information content (AvgIpc) is 2.48. The summed E-state index contributed by atoms with van der Waals surface area (Å²) >= 11 is 5.93. The third-order valence-corrected chi connectivity index (χ3v) is 3.69. The van der Waals surface area contributed by atoms with Gasteiger partial charge in [-0.2, -0.15) is 0 Å². The minimum absolute atomic E-state index is 0.171. The molecule has 0 spiro atoms. The van der Waals surface area contributed by atoms with Crippen molar-refractivity contribution in [2.24, 2.45) is 0 Å². The Bertz CT molecular complexity index is 542. The van der Waals surface area contributed by atoms with E-state index in [1.807, 2.05) is 18.2 Å². The van der Waals surface area contributed by atoms with Crippen molar-refractivity contribution in [3.05, 3.63) is 64.7 Å². The van der Waals surface area contributed by atoms with Crippen LogP contribution in [0.25, 0.3) is 0 Å². The molecule has 0 aromatic heterocycles. The van der Waals surface area contributed by atoms with Gasteiger partial charge >= 0.3 is 0 Å². The van der Waals surface area contributed by atoms with Crippen LogP contribution in [0.3, 0.4) is 0 Å². The van der Waals surface area contributed by atoms with Crippen LogP contribution in [0.15, 0.2) is 48.5 Å². The molecule has 0 aliphatic heterocycles. The summed E-state index contributed by atoms with van der Waals surface area (Å²) in [5, 5.41) is 13.8. The maximum atomic E-state index is 9.94. The first-order valence-corrected chi connectivity index (χ1v) is 7.35. The number of hydrogen-bond donors (Lipinski definition) is 2. The molecule has 0 aliphatic rings. The normalized spacial score (nSPS) is 12.3. The molecule has 3 heteroatoms. The summed E-state index contributed by atoms with van der Waals surface area (Å²) in [5.74, 6) is 0.171. The number of aromatic hydroxyl groups is 1. The van der Waals surface area contributed by atoms with Crippen LogP contribution >= 0.6 is 11.6 Å². The Balaban J connectivity index is 2.08. The monoisotopic (exact) mass is 289 g/mol.